The quantitative estimate of drug-likeness (QED) is 0.440. The number of nitrogens with one attached hydrogen (secondary N) is 2. The first-order valence-electron chi connectivity index (χ1n) is 6.33. The second-order valence-corrected chi connectivity index (χ2v) is 6.44. The standard InChI is InChI=1S/C12H14FN3O5S/c1-22(19,20)21-6-7-4-9(11(13)14-5-7)15-8-2-3-10(17)16-12(8)18/h4-5,8,15H,2-3,6H2,1H3,(H,16,17,18). The summed E-state index contributed by atoms with van der Waals surface area (Å²) in [6.07, 6.45) is 2.41. The van der Waals surface area contributed by atoms with Gasteiger partial charge in [-0.25, -0.2) is 4.98 Å². The Bertz CT molecular complexity index is 707. The van der Waals surface area contributed by atoms with Gasteiger partial charge in [0.1, 0.15) is 6.04 Å². The van der Waals surface area contributed by atoms with E-state index in [1.54, 1.807) is 0 Å². The van der Waals surface area contributed by atoms with E-state index >= 15 is 0 Å². The van der Waals surface area contributed by atoms with Crippen LogP contribution in [0.4, 0.5) is 10.1 Å². The van der Waals surface area contributed by atoms with Gasteiger partial charge in [-0.3, -0.25) is 19.1 Å². The lowest BCUT2D eigenvalue weighted by atomic mass is 10.1. The molecule has 1 atom stereocenters. The van der Waals surface area contributed by atoms with Crippen molar-refractivity contribution in [3.8, 4) is 0 Å². The summed E-state index contributed by atoms with van der Waals surface area (Å²) in [6, 6.07) is 0.539. The number of amides is 2. The molecule has 120 valence electrons. The number of rotatable bonds is 5. The Morgan fingerprint density at radius 1 is 1.50 bits per heavy atom. The molecule has 0 aromatic carbocycles. The average Bonchev–Trinajstić information content (AvgIpc) is 2.41. The largest absolute Gasteiger partial charge is 0.370 e. The molecule has 2 heterocycles. The van der Waals surface area contributed by atoms with Crippen LogP contribution in [-0.2, 0) is 30.5 Å². The number of imide groups is 1. The minimum atomic E-state index is -3.63. The lowest BCUT2D eigenvalue weighted by molar-refractivity contribution is -0.133. The first kappa shape index (κ1) is 16.3. The molecule has 1 aliphatic rings. The van der Waals surface area contributed by atoms with Crippen LogP contribution in [0.3, 0.4) is 0 Å². The Morgan fingerprint density at radius 2 is 2.23 bits per heavy atom. The van der Waals surface area contributed by atoms with E-state index in [4.69, 9.17) is 0 Å². The molecule has 0 spiro atoms. The third-order valence-corrected chi connectivity index (χ3v) is 3.45. The van der Waals surface area contributed by atoms with E-state index in [-0.39, 0.29) is 31.0 Å². The van der Waals surface area contributed by atoms with Crippen LogP contribution in [0, 0.1) is 5.95 Å². The van der Waals surface area contributed by atoms with Crippen molar-refractivity contribution in [3.05, 3.63) is 23.8 Å². The SMILES string of the molecule is CS(=O)(=O)OCc1cnc(F)c(NC2CCC(=O)NC2=O)c1. The Labute approximate surface area is 126 Å². The van der Waals surface area contributed by atoms with E-state index in [0.29, 0.717) is 5.56 Å². The number of carbonyl (C=O) groups excluding carboxylic acids is 2. The minimum absolute atomic E-state index is 0.0656. The number of hydrogen-bond donors (Lipinski definition) is 2. The van der Waals surface area contributed by atoms with E-state index in [1.807, 2.05) is 0 Å². The van der Waals surface area contributed by atoms with Crippen molar-refractivity contribution in [1.29, 1.82) is 0 Å². The molecular weight excluding hydrogens is 317 g/mol. The van der Waals surface area contributed by atoms with Gasteiger partial charge in [0.2, 0.25) is 17.8 Å². The molecule has 0 aliphatic carbocycles. The zero-order chi connectivity index (χ0) is 16.3. The first-order valence-corrected chi connectivity index (χ1v) is 8.15. The Balaban J connectivity index is 2.10. The molecule has 1 aromatic heterocycles. The summed E-state index contributed by atoms with van der Waals surface area (Å²) in [5, 5.41) is 4.79. The van der Waals surface area contributed by atoms with Crippen molar-refractivity contribution in [1.82, 2.24) is 10.3 Å². The maximum atomic E-state index is 13.7. The van der Waals surface area contributed by atoms with Gasteiger partial charge in [0.05, 0.1) is 18.6 Å². The fraction of sp³-hybridized carbons (Fsp3) is 0.417. The molecule has 10 heteroatoms. The number of halogens is 1. The fourth-order valence-corrected chi connectivity index (χ4v) is 2.22. The summed E-state index contributed by atoms with van der Waals surface area (Å²) in [5.74, 6) is -1.77. The summed E-state index contributed by atoms with van der Waals surface area (Å²) in [6.45, 7) is -0.295. The van der Waals surface area contributed by atoms with Crippen molar-refractivity contribution in [2.75, 3.05) is 11.6 Å². The predicted molar refractivity (Wildman–Crippen MR) is 73.6 cm³/mol. The minimum Gasteiger partial charge on any atom is -0.370 e. The fourth-order valence-electron chi connectivity index (χ4n) is 1.87. The topological polar surface area (TPSA) is 114 Å². The third kappa shape index (κ3) is 4.46. The maximum absolute atomic E-state index is 13.7. The van der Waals surface area contributed by atoms with Gasteiger partial charge in [0, 0.05) is 12.6 Å². The Hall–Kier alpha value is -2.07. The highest BCUT2D eigenvalue weighted by Crippen LogP contribution is 2.18. The van der Waals surface area contributed by atoms with E-state index < -0.39 is 28.0 Å². The van der Waals surface area contributed by atoms with Gasteiger partial charge in [-0.15, -0.1) is 0 Å². The van der Waals surface area contributed by atoms with Gasteiger partial charge in [-0.05, 0) is 18.1 Å². The van der Waals surface area contributed by atoms with E-state index in [0.717, 1.165) is 12.5 Å². The second-order valence-electron chi connectivity index (χ2n) is 4.80. The Morgan fingerprint density at radius 3 is 2.86 bits per heavy atom. The number of hydrogen-bond acceptors (Lipinski definition) is 7. The molecule has 22 heavy (non-hydrogen) atoms. The van der Waals surface area contributed by atoms with Crippen LogP contribution in [0.15, 0.2) is 12.3 Å². The summed E-state index contributed by atoms with van der Waals surface area (Å²) < 4.78 is 40.1. The number of piperidine rings is 1. The van der Waals surface area contributed by atoms with Gasteiger partial charge in [0.15, 0.2) is 0 Å². The molecule has 0 saturated carbocycles. The van der Waals surface area contributed by atoms with Crippen LogP contribution < -0.4 is 10.6 Å². The maximum Gasteiger partial charge on any atom is 0.264 e. The van der Waals surface area contributed by atoms with Gasteiger partial charge < -0.3 is 5.32 Å². The van der Waals surface area contributed by atoms with Gasteiger partial charge in [0.25, 0.3) is 10.1 Å². The molecule has 8 nitrogen and oxygen atoms in total. The molecule has 2 amide bonds. The molecule has 1 fully saturated rings. The van der Waals surface area contributed by atoms with Gasteiger partial charge >= 0.3 is 0 Å². The monoisotopic (exact) mass is 331 g/mol. The molecule has 0 radical (unpaired) electrons. The van der Waals surface area contributed by atoms with Crippen LogP contribution in [0.5, 0.6) is 0 Å². The zero-order valence-electron chi connectivity index (χ0n) is 11.6. The number of carbonyl (C=O) groups is 2. The predicted octanol–water partition coefficient (Wildman–Crippen LogP) is -0.0860. The van der Waals surface area contributed by atoms with Crippen LogP contribution in [0.2, 0.25) is 0 Å². The summed E-state index contributed by atoms with van der Waals surface area (Å²) in [7, 11) is -3.63. The second kappa shape index (κ2) is 6.36. The van der Waals surface area contributed by atoms with Crippen molar-refractivity contribution >= 4 is 27.6 Å². The van der Waals surface area contributed by atoms with Gasteiger partial charge in [-0.1, -0.05) is 0 Å². The normalized spacial score (nSPS) is 18.9. The first-order chi connectivity index (χ1) is 10.2. The van der Waals surface area contributed by atoms with E-state index in [1.165, 1.54) is 6.07 Å². The molecule has 0 bridgehead atoms. The number of aromatic nitrogens is 1. The number of anilines is 1. The smallest absolute Gasteiger partial charge is 0.264 e. The molecule has 1 saturated heterocycles. The van der Waals surface area contributed by atoms with Crippen molar-refractivity contribution < 1.29 is 26.6 Å². The summed E-state index contributed by atoms with van der Waals surface area (Å²) in [4.78, 5) is 26.2. The molecular formula is C12H14FN3O5S. The molecule has 2 rings (SSSR count). The van der Waals surface area contributed by atoms with Crippen LogP contribution in [-0.4, -0.2) is 37.5 Å². The van der Waals surface area contributed by atoms with Crippen LogP contribution in [0.1, 0.15) is 18.4 Å². The zero-order valence-corrected chi connectivity index (χ0v) is 12.4. The van der Waals surface area contributed by atoms with E-state index in [2.05, 4.69) is 19.8 Å². The van der Waals surface area contributed by atoms with Crippen molar-refractivity contribution in [3.63, 3.8) is 0 Å². The number of nitrogens with zero attached hydrogens (tertiary/aromatic N) is 1. The average molecular weight is 331 g/mol. The summed E-state index contributed by atoms with van der Waals surface area (Å²) >= 11 is 0. The highest BCUT2D eigenvalue weighted by atomic mass is 32.2. The highest BCUT2D eigenvalue weighted by Gasteiger charge is 2.27. The molecule has 1 aliphatic heterocycles. The number of pyridine rings is 1. The lowest BCUT2D eigenvalue weighted by Crippen LogP contribution is -2.47. The van der Waals surface area contributed by atoms with Crippen LogP contribution in [0.25, 0.3) is 0 Å². The van der Waals surface area contributed by atoms with Crippen LogP contribution >= 0.6 is 0 Å². The molecule has 1 aromatic rings. The molecule has 2 N–H and O–H groups in total. The lowest BCUT2D eigenvalue weighted by Gasteiger charge is -2.23. The third-order valence-electron chi connectivity index (χ3n) is 2.90. The Kier molecular flexibility index (Phi) is 4.71. The van der Waals surface area contributed by atoms with E-state index in [9.17, 15) is 22.4 Å². The van der Waals surface area contributed by atoms with Gasteiger partial charge in [-0.2, -0.15) is 12.8 Å². The van der Waals surface area contributed by atoms with Crippen molar-refractivity contribution in [2.45, 2.75) is 25.5 Å². The molecule has 1 unspecified atom stereocenters. The van der Waals surface area contributed by atoms with Crippen molar-refractivity contribution in [2.24, 2.45) is 0 Å². The summed E-state index contributed by atoms with van der Waals surface area (Å²) in [5.41, 5.74) is 0.255. The highest BCUT2D eigenvalue weighted by molar-refractivity contribution is 7.85.